The van der Waals surface area contributed by atoms with E-state index in [9.17, 15) is 0 Å². The highest BCUT2D eigenvalue weighted by molar-refractivity contribution is 5.29. The fourth-order valence-corrected chi connectivity index (χ4v) is 2.34. The molecule has 0 N–H and O–H groups in total. The molecule has 14 heavy (non-hydrogen) atoms. The Hall–Kier alpha value is -0.780. The second kappa shape index (κ2) is 4.63. The van der Waals surface area contributed by atoms with Gasteiger partial charge < -0.3 is 0 Å². The monoisotopic (exact) mass is 190 g/mol. The molecular weight excluding hydrogens is 168 g/mol. The summed E-state index contributed by atoms with van der Waals surface area (Å²) in [6, 6.07) is 8.98. The van der Waals surface area contributed by atoms with Gasteiger partial charge >= 0.3 is 0 Å². The van der Waals surface area contributed by atoms with Crippen LogP contribution >= 0.6 is 0 Å². The van der Waals surface area contributed by atoms with Crippen molar-refractivity contribution < 1.29 is 0 Å². The van der Waals surface area contributed by atoms with Crippen molar-refractivity contribution in [1.82, 2.24) is 0 Å². The number of hydrogen-bond donors (Lipinski definition) is 0. The first-order valence-electron chi connectivity index (χ1n) is 5.75. The van der Waals surface area contributed by atoms with Crippen LogP contribution in [0.5, 0.6) is 0 Å². The van der Waals surface area contributed by atoms with Gasteiger partial charge in [0.2, 0.25) is 0 Å². The Balaban J connectivity index is 3.10. The van der Waals surface area contributed by atoms with Crippen molar-refractivity contribution in [3.05, 3.63) is 35.4 Å². The van der Waals surface area contributed by atoms with Crippen LogP contribution in [0.25, 0.3) is 0 Å². The van der Waals surface area contributed by atoms with Crippen LogP contribution in [0, 0.1) is 6.92 Å². The van der Waals surface area contributed by atoms with E-state index >= 15 is 0 Å². The second-order valence-corrected chi connectivity index (χ2v) is 4.21. The largest absolute Gasteiger partial charge is 0.0645 e. The number of benzene rings is 1. The Morgan fingerprint density at radius 2 is 1.57 bits per heavy atom. The molecule has 1 aromatic rings. The quantitative estimate of drug-likeness (QED) is 0.657. The van der Waals surface area contributed by atoms with Crippen LogP contribution in [0.1, 0.15) is 51.2 Å². The first-order valence-corrected chi connectivity index (χ1v) is 5.75. The molecule has 0 unspecified atom stereocenters. The van der Waals surface area contributed by atoms with Crippen molar-refractivity contribution in [2.75, 3.05) is 0 Å². The summed E-state index contributed by atoms with van der Waals surface area (Å²) in [4.78, 5) is 0. The van der Waals surface area contributed by atoms with Crippen molar-refractivity contribution in [2.24, 2.45) is 0 Å². The van der Waals surface area contributed by atoms with Crippen molar-refractivity contribution in [1.29, 1.82) is 0 Å². The molecular formula is C14H22. The Bertz CT molecular complexity index is 274. The maximum atomic E-state index is 2.34. The van der Waals surface area contributed by atoms with E-state index in [1.165, 1.54) is 30.4 Å². The first kappa shape index (κ1) is 11.3. The van der Waals surface area contributed by atoms with Crippen LogP contribution in [0.15, 0.2) is 24.3 Å². The first-order chi connectivity index (χ1) is 6.68. The second-order valence-electron chi connectivity index (χ2n) is 4.21. The summed E-state index contributed by atoms with van der Waals surface area (Å²) in [6.45, 7) is 9.08. The lowest BCUT2D eigenvalue weighted by Crippen LogP contribution is -2.23. The Kier molecular flexibility index (Phi) is 3.74. The molecule has 0 radical (unpaired) electrons. The highest BCUT2D eigenvalue weighted by Gasteiger charge is 2.25. The molecule has 0 saturated carbocycles. The van der Waals surface area contributed by atoms with Gasteiger partial charge in [-0.3, -0.25) is 0 Å². The summed E-state index contributed by atoms with van der Waals surface area (Å²) in [5.74, 6) is 0. The SMILES string of the molecule is CCC(CC)(CC)c1cccc(C)c1. The summed E-state index contributed by atoms with van der Waals surface area (Å²) in [6.07, 6.45) is 3.72. The van der Waals surface area contributed by atoms with Crippen LogP contribution in [-0.4, -0.2) is 0 Å². The van der Waals surface area contributed by atoms with Crippen LogP contribution in [-0.2, 0) is 5.41 Å². The summed E-state index contributed by atoms with van der Waals surface area (Å²) >= 11 is 0. The van der Waals surface area contributed by atoms with Crippen LogP contribution in [0.3, 0.4) is 0 Å². The summed E-state index contributed by atoms with van der Waals surface area (Å²) < 4.78 is 0. The van der Waals surface area contributed by atoms with Gasteiger partial charge in [0, 0.05) is 0 Å². The third-order valence-electron chi connectivity index (χ3n) is 3.66. The maximum Gasteiger partial charge on any atom is -0.00547 e. The van der Waals surface area contributed by atoms with E-state index in [4.69, 9.17) is 0 Å². The van der Waals surface area contributed by atoms with Gasteiger partial charge in [0.05, 0.1) is 0 Å². The highest BCUT2D eigenvalue weighted by atomic mass is 14.3. The normalized spacial score (nSPS) is 11.7. The van der Waals surface area contributed by atoms with Crippen molar-refractivity contribution in [3.8, 4) is 0 Å². The number of aryl methyl sites for hydroxylation is 1. The summed E-state index contributed by atoms with van der Waals surface area (Å²) in [7, 11) is 0. The van der Waals surface area contributed by atoms with E-state index in [1.807, 2.05) is 0 Å². The molecule has 0 aliphatic carbocycles. The smallest absolute Gasteiger partial charge is 0.00547 e. The Labute approximate surface area is 88.4 Å². The molecule has 0 nitrogen and oxygen atoms in total. The molecule has 0 bridgehead atoms. The van der Waals surface area contributed by atoms with Crippen LogP contribution in [0.2, 0.25) is 0 Å². The summed E-state index contributed by atoms with van der Waals surface area (Å²) in [5, 5.41) is 0. The van der Waals surface area contributed by atoms with Gasteiger partial charge in [-0.2, -0.15) is 0 Å². The molecule has 0 heteroatoms. The van der Waals surface area contributed by atoms with Gasteiger partial charge in [-0.05, 0) is 37.2 Å². The summed E-state index contributed by atoms with van der Waals surface area (Å²) in [5.41, 5.74) is 3.30. The lowest BCUT2D eigenvalue weighted by molar-refractivity contribution is 0.381. The molecule has 0 aliphatic rings. The van der Waals surface area contributed by atoms with Crippen molar-refractivity contribution >= 4 is 0 Å². The predicted octanol–water partition coefficient (Wildman–Crippen LogP) is 4.46. The predicted molar refractivity (Wildman–Crippen MR) is 63.7 cm³/mol. The average Bonchev–Trinajstić information content (AvgIpc) is 2.22. The minimum atomic E-state index is 0.409. The molecule has 0 aromatic heterocycles. The zero-order valence-corrected chi connectivity index (χ0v) is 9.93. The van der Waals surface area contributed by atoms with E-state index in [0.29, 0.717) is 5.41 Å². The van der Waals surface area contributed by atoms with Gasteiger partial charge in [0.25, 0.3) is 0 Å². The minimum Gasteiger partial charge on any atom is -0.0645 e. The highest BCUT2D eigenvalue weighted by Crippen LogP contribution is 2.35. The average molecular weight is 190 g/mol. The van der Waals surface area contributed by atoms with Gasteiger partial charge in [-0.25, -0.2) is 0 Å². The zero-order chi connectivity index (χ0) is 10.6. The minimum absolute atomic E-state index is 0.409. The van der Waals surface area contributed by atoms with E-state index in [1.54, 1.807) is 0 Å². The molecule has 0 spiro atoms. The fourth-order valence-electron chi connectivity index (χ4n) is 2.34. The molecule has 0 amide bonds. The molecule has 1 aromatic carbocycles. The van der Waals surface area contributed by atoms with Crippen molar-refractivity contribution in [2.45, 2.75) is 52.4 Å². The third-order valence-corrected chi connectivity index (χ3v) is 3.66. The maximum absolute atomic E-state index is 2.34. The zero-order valence-electron chi connectivity index (χ0n) is 9.93. The van der Waals surface area contributed by atoms with Gasteiger partial charge in [-0.15, -0.1) is 0 Å². The Morgan fingerprint density at radius 3 is 2.00 bits per heavy atom. The van der Waals surface area contributed by atoms with E-state index < -0.39 is 0 Å². The molecule has 0 aliphatic heterocycles. The third kappa shape index (κ3) is 2.00. The molecule has 0 fully saturated rings. The molecule has 1 rings (SSSR count). The molecule has 78 valence electrons. The van der Waals surface area contributed by atoms with E-state index in [0.717, 1.165) is 0 Å². The van der Waals surface area contributed by atoms with Crippen molar-refractivity contribution in [3.63, 3.8) is 0 Å². The lowest BCUT2D eigenvalue weighted by Gasteiger charge is -2.31. The van der Waals surface area contributed by atoms with Crippen LogP contribution < -0.4 is 0 Å². The molecule has 0 atom stereocenters. The molecule has 0 heterocycles. The standard InChI is InChI=1S/C14H22/c1-5-14(6-2,7-3)13-10-8-9-12(4)11-13/h8-11H,5-7H2,1-4H3. The van der Waals surface area contributed by atoms with Crippen LogP contribution in [0.4, 0.5) is 0 Å². The van der Waals surface area contributed by atoms with E-state index in [2.05, 4.69) is 52.0 Å². The van der Waals surface area contributed by atoms with E-state index in [-0.39, 0.29) is 0 Å². The fraction of sp³-hybridized carbons (Fsp3) is 0.571. The lowest BCUT2D eigenvalue weighted by atomic mass is 9.73. The molecule has 0 saturated heterocycles. The number of hydrogen-bond acceptors (Lipinski definition) is 0. The number of rotatable bonds is 4. The van der Waals surface area contributed by atoms with Gasteiger partial charge in [-0.1, -0.05) is 50.6 Å². The topological polar surface area (TPSA) is 0 Å². The van der Waals surface area contributed by atoms with Gasteiger partial charge in [0.1, 0.15) is 0 Å². The van der Waals surface area contributed by atoms with Gasteiger partial charge in [0.15, 0.2) is 0 Å². The Morgan fingerprint density at radius 1 is 1.00 bits per heavy atom.